The summed E-state index contributed by atoms with van der Waals surface area (Å²) in [6.45, 7) is 6.77. The zero-order valence-electron chi connectivity index (χ0n) is 17.7. The smallest absolute Gasteiger partial charge is 0.267 e. The lowest BCUT2D eigenvalue weighted by Gasteiger charge is -2.33. The number of hydrogen-bond donors (Lipinski definition) is 2. The number of aryl methyl sites for hydroxylation is 1. The summed E-state index contributed by atoms with van der Waals surface area (Å²) in [6, 6.07) is 8.21. The molecule has 2 aromatic rings. The lowest BCUT2D eigenvalue weighted by molar-refractivity contribution is 0.0849. The number of hydrogen-bond acceptors (Lipinski definition) is 5. The summed E-state index contributed by atoms with van der Waals surface area (Å²) >= 11 is 1.49. The van der Waals surface area contributed by atoms with Gasteiger partial charge < -0.3 is 0 Å². The molecule has 1 heterocycles. The van der Waals surface area contributed by atoms with Gasteiger partial charge in [0, 0.05) is 16.7 Å². The molecule has 1 aromatic heterocycles. The van der Waals surface area contributed by atoms with E-state index in [4.69, 9.17) is 0 Å². The van der Waals surface area contributed by atoms with Gasteiger partial charge in [-0.2, -0.15) is 0 Å². The molecule has 2 amide bonds. The number of hydrazine groups is 1. The van der Waals surface area contributed by atoms with Gasteiger partial charge in [-0.3, -0.25) is 20.4 Å². The van der Waals surface area contributed by atoms with Crippen LogP contribution in [0.25, 0.3) is 0 Å². The third-order valence-electron chi connectivity index (χ3n) is 5.47. The van der Waals surface area contributed by atoms with Gasteiger partial charge in [0.2, 0.25) is 0 Å². The Hall–Kier alpha value is -2.19. The van der Waals surface area contributed by atoms with Crippen LogP contribution in [-0.4, -0.2) is 26.5 Å². The molecule has 1 unspecified atom stereocenters. The van der Waals surface area contributed by atoms with Crippen LogP contribution in [0.1, 0.15) is 63.2 Å². The van der Waals surface area contributed by atoms with Gasteiger partial charge in [0.25, 0.3) is 11.8 Å². The number of rotatable bonds is 4. The van der Waals surface area contributed by atoms with E-state index in [1.54, 1.807) is 24.3 Å². The van der Waals surface area contributed by atoms with E-state index in [0.717, 1.165) is 25.5 Å². The topological polar surface area (TPSA) is 92.3 Å². The highest BCUT2D eigenvalue weighted by Crippen LogP contribution is 2.40. The van der Waals surface area contributed by atoms with Crippen LogP contribution in [0.5, 0.6) is 0 Å². The quantitative estimate of drug-likeness (QED) is 0.700. The minimum absolute atomic E-state index is 0.0786. The van der Waals surface area contributed by atoms with Crippen LogP contribution >= 0.6 is 11.3 Å². The van der Waals surface area contributed by atoms with Crippen molar-refractivity contribution in [2.45, 2.75) is 45.8 Å². The Morgan fingerprint density at radius 3 is 2.33 bits per heavy atom. The molecule has 1 aliphatic carbocycles. The molecule has 2 N–H and O–H groups in total. The highest BCUT2D eigenvalue weighted by Gasteiger charge is 2.30. The summed E-state index contributed by atoms with van der Waals surface area (Å²) in [5.41, 5.74) is 7.33. The van der Waals surface area contributed by atoms with Gasteiger partial charge in [0.05, 0.1) is 10.6 Å². The van der Waals surface area contributed by atoms with Gasteiger partial charge in [-0.25, -0.2) is 8.42 Å². The Labute approximate surface area is 182 Å². The predicted molar refractivity (Wildman–Crippen MR) is 119 cm³/mol. The van der Waals surface area contributed by atoms with Gasteiger partial charge in [-0.05, 0) is 59.9 Å². The molecule has 0 spiro atoms. The zero-order chi connectivity index (χ0) is 22.1. The van der Waals surface area contributed by atoms with E-state index in [1.807, 2.05) is 6.07 Å². The van der Waals surface area contributed by atoms with Gasteiger partial charge >= 0.3 is 0 Å². The van der Waals surface area contributed by atoms with Crippen molar-refractivity contribution < 1.29 is 18.0 Å². The van der Waals surface area contributed by atoms with Crippen LogP contribution in [0.4, 0.5) is 0 Å². The molecule has 0 radical (unpaired) electrons. The maximum Gasteiger partial charge on any atom is 0.279 e. The summed E-state index contributed by atoms with van der Waals surface area (Å²) in [6.07, 6.45) is 4.26. The number of carbonyl (C=O) groups is 2. The number of fused-ring (bicyclic) bond motifs is 1. The van der Waals surface area contributed by atoms with Crippen LogP contribution in [0, 0.1) is 11.3 Å². The van der Waals surface area contributed by atoms with Crippen LogP contribution in [-0.2, 0) is 28.4 Å². The molecule has 162 valence electrons. The lowest BCUT2D eigenvalue weighted by Crippen LogP contribution is -2.41. The highest BCUT2D eigenvalue weighted by atomic mass is 32.2. The molecular weight excluding hydrogens is 420 g/mol. The largest absolute Gasteiger partial charge is 0.279 e. The molecule has 1 aliphatic rings. The number of sulfone groups is 1. The first-order valence-corrected chi connectivity index (χ1v) is 12.8. The second-order valence-corrected chi connectivity index (χ2v) is 12.3. The summed E-state index contributed by atoms with van der Waals surface area (Å²) in [5, 5.41) is 0. The minimum atomic E-state index is -3.13. The molecule has 1 aromatic carbocycles. The van der Waals surface area contributed by atoms with Crippen LogP contribution < -0.4 is 10.9 Å². The molecule has 0 saturated carbocycles. The van der Waals surface area contributed by atoms with Crippen molar-refractivity contribution in [1.82, 2.24) is 10.9 Å². The van der Waals surface area contributed by atoms with Crippen molar-refractivity contribution in [3.63, 3.8) is 0 Å². The van der Waals surface area contributed by atoms with Gasteiger partial charge in [-0.15, -0.1) is 11.3 Å². The maximum absolute atomic E-state index is 12.5. The SMILES string of the molecule is CC(C)(C)C1CCc2sc(C(=O)NNC(=O)c3ccc(CS(C)(=O)=O)cc3)cc2C1. The van der Waals surface area contributed by atoms with Crippen molar-refractivity contribution in [3.8, 4) is 0 Å². The Balaban J connectivity index is 1.58. The maximum atomic E-state index is 12.5. The number of amides is 2. The normalized spacial score (nSPS) is 16.6. The van der Waals surface area contributed by atoms with Crippen LogP contribution in [0.3, 0.4) is 0 Å². The fraction of sp³-hybridized carbons (Fsp3) is 0.455. The first-order valence-electron chi connectivity index (χ1n) is 9.91. The molecule has 8 heteroatoms. The van der Waals surface area contributed by atoms with Gasteiger partial charge in [-0.1, -0.05) is 32.9 Å². The summed E-state index contributed by atoms with van der Waals surface area (Å²) in [4.78, 5) is 26.6. The van der Waals surface area contributed by atoms with Crippen molar-refractivity contribution in [3.05, 3.63) is 56.8 Å². The first-order chi connectivity index (χ1) is 13.9. The number of nitrogens with one attached hydrogen (secondary N) is 2. The Morgan fingerprint density at radius 1 is 1.10 bits per heavy atom. The molecule has 0 saturated heterocycles. The van der Waals surface area contributed by atoms with Crippen molar-refractivity contribution >= 4 is 33.0 Å². The van der Waals surface area contributed by atoms with Gasteiger partial charge in [0.1, 0.15) is 0 Å². The number of thiophene rings is 1. The second kappa shape index (κ2) is 8.51. The average Bonchev–Trinajstić information content (AvgIpc) is 3.08. The number of carbonyl (C=O) groups excluding carboxylic acids is 2. The third kappa shape index (κ3) is 5.70. The highest BCUT2D eigenvalue weighted by molar-refractivity contribution is 7.89. The molecule has 0 aliphatic heterocycles. The van der Waals surface area contributed by atoms with Gasteiger partial charge in [0.15, 0.2) is 9.84 Å². The monoisotopic (exact) mass is 448 g/mol. The van der Waals surface area contributed by atoms with E-state index in [9.17, 15) is 18.0 Å². The van der Waals surface area contributed by atoms with E-state index in [2.05, 4.69) is 31.6 Å². The Bertz CT molecular complexity index is 1050. The molecule has 30 heavy (non-hydrogen) atoms. The minimum Gasteiger partial charge on any atom is -0.267 e. The van der Waals surface area contributed by atoms with Crippen LogP contribution in [0.15, 0.2) is 30.3 Å². The molecule has 0 bridgehead atoms. The predicted octanol–water partition coefficient (Wildman–Crippen LogP) is 3.52. The third-order valence-corrected chi connectivity index (χ3v) is 7.56. The van der Waals surface area contributed by atoms with E-state index in [-0.39, 0.29) is 17.1 Å². The molecule has 3 rings (SSSR count). The standard InChI is InChI=1S/C22H28N2O4S2/c1-22(2,3)17-9-10-18-16(11-17)12-19(29-18)21(26)24-23-20(25)15-7-5-14(6-8-15)13-30(4,27)28/h5-8,12,17H,9-11,13H2,1-4H3,(H,23,25)(H,24,26). The summed E-state index contributed by atoms with van der Waals surface area (Å²) in [5.74, 6) is -0.266. The second-order valence-electron chi connectivity index (χ2n) is 9.04. The van der Waals surface area contributed by atoms with Crippen molar-refractivity contribution in [2.24, 2.45) is 11.3 Å². The van der Waals surface area contributed by atoms with Crippen LogP contribution in [0.2, 0.25) is 0 Å². The average molecular weight is 449 g/mol. The molecule has 1 atom stereocenters. The zero-order valence-corrected chi connectivity index (χ0v) is 19.4. The molecular formula is C22H28N2O4S2. The fourth-order valence-electron chi connectivity index (χ4n) is 3.68. The van der Waals surface area contributed by atoms with E-state index >= 15 is 0 Å². The van der Waals surface area contributed by atoms with E-state index in [1.165, 1.54) is 21.8 Å². The van der Waals surface area contributed by atoms with Crippen molar-refractivity contribution in [1.29, 1.82) is 0 Å². The molecule has 6 nitrogen and oxygen atoms in total. The Kier molecular flexibility index (Phi) is 6.38. The summed E-state index contributed by atoms with van der Waals surface area (Å²) in [7, 11) is -3.13. The lowest BCUT2D eigenvalue weighted by atomic mass is 9.72. The Morgan fingerprint density at radius 2 is 1.73 bits per heavy atom. The van der Waals surface area contributed by atoms with E-state index in [0.29, 0.717) is 21.9 Å². The first kappa shape index (κ1) is 22.5. The number of benzene rings is 1. The molecule has 0 fully saturated rings. The summed E-state index contributed by atoms with van der Waals surface area (Å²) < 4.78 is 22.7. The van der Waals surface area contributed by atoms with E-state index < -0.39 is 15.7 Å². The fourth-order valence-corrected chi connectivity index (χ4v) is 5.58. The van der Waals surface area contributed by atoms with Crippen molar-refractivity contribution in [2.75, 3.05) is 6.26 Å².